The summed E-state index contributed by atoms with van der Waals surface area (Å²) in [6.45, 7) is 7.30. The Morgan fingerprint density at radius 1 is 0.970 bits per heavy atom. The third-order valence-corrected chi connectivity index (χ3v) is 9.03. The molecular formula is C23H28N4O4S2. The van der Waals surface area contributed by atoms with E-state index in [-0.39, 0.29) is 30.3 Å². The molecule has 176 valence electrons. The quantitative estimate of drug-likeness (QED) is 0.532. The molecule has 1 aliphatic rings. The predicted molar refractivity (Wildman–Crippen MR) is 131 cm³/mol. The van der Waals surface area contributed by atoms with Crippen molar-refractivity contribution in [3.63, 3.8) is 0 Å². The summed E-state index contributed by atoms with van der Waals surface area (Å²) >= 11 is 1.20. The van der Waals surface area contributed by atoms with Gasteiger partial charge in [-0.1, -0.05) is 38.1 Å². The SMILES string of the molecule is Cc1c(N2CCN(S(=O)(=O)c3cccs3)CC2)c(=O)n(CC(C)C)c(=O)n1-c1ccccc1. The predicted octanol–water partition coefficient (Wildman–Crippen LogP) is 2.54. The van der Waals surface area contributed by atoms with E-state index in [1.165, 1.54) is 20.2 Å². The minimum absolute atomic E-state index is 0.114. The summed E-state index contributed by atoms with van der Waals surface area (Å²) in [6.07, 6.45) is 0. The Morgan fingerprint density at radius 2 is 1.64 bits per heavy atom. The van der Waals surface area contributed by atoms with Gasteiger partial charge in [0.15, 0.2) is 0 Å². The molecule has 8 nitrogen and oxygen atoms in total. The van der Waals surface area contributed by atoms with Gasteiger partial charge in [0.25, 0.3) is 15.6 Å². The molecule has 0 saturated carbocycles. The highest BCUT2D eigenvalue weighted by atomic mass is 32.2. The second-order valence-corrected chi connectivity index (χ2v) is 11.6. The van der Waals surface area contributed by atoms with Gasteiger partial charge in [0.2, 0.25) is 0 Å². The number of para-hydroxylation sites is 1. The lowest BCUT2D eigenvalue weighted by atomic mass is 10.2. The van der Waals surface area contributed by atoms with Crippen LogP contribution in [0.15, 0.2) is 61.6 Å². The molecule has 1 aromatic carbocycles. The van der Waals surface area contributed by atoms with Gasteiger partial charge in [-0.05, 0) is 36.4 Å². The molecule has 0 aliphatic carbocycles. The van der Waals surface area contributed by atoms with E-state index in [9.17, 15) is 18.0 Å². The summed E-state index contributed by atoms with van der Waals surface area (Å²) < 4.78 is 30.4. The van der Waals surface area contributed by atoms with Gasteiger partial charge < -0.3 is 4.90 Å². The van der Waals surface area contributed by atoms with Crippen molar-refractivity contribution in [3.8, 4) is 5.69 Å². The first kappa shape index (κ1) is 23.5. The molecule has 1 saturated heterocycles. The molecule has 3 aromatic rings. The van der Waals surface area contributed by atoms with Crippen LogP contribution in [0, 0.1) is 12.8 Å². The molecule has 10 heteroatoms. The van der Waals surface area contributed by atoms with Crippen molar-refractivity contribution in [2.75, 3.05) is 31.1 Å². The van der Waals surface area contributed by atoms with Crippen molar-refractivity contribution < 1.29 is 8.42 Å². The van der Waals surface area contributed by atoms with Crippen molar-refractivity contribution in [1.29, 1.82) is 0 Å². The number of nitrogens with zero attached hydrogens (tertiary/aromatic N) is 4. The first-order valence-electron chi connectivity index (χ1n) is 10.9. The Hall–Kier alpha value is -2.69. The van der Waals surface area contributed by atoms with Crippen LogP contribution in [0.2, 0.25) is 0 Å². The van der Waals surface area contributed by atoms with E-state index in [2.05, 4.69) is 0 Å². The van der Waals surface area contributed by atoms with Crippen LogP contribution in [0.1, 0.15) is 19.5 Å². The first-order valence-corrected chi connectivity index (χ1v) is 13.2. The molecule has 0 N–H and O–H groups in total. The van der Waals surface area contributed by atoms with E-state index in [0.29, 0.717) is 40.9 Å². The second-order valence-electron chi connectivity index (χ2n) is 8.52. The molecule has 4 rings (SSSR count). The van der Waals surface area contributed by atoms with Gasteiger partial charge in [-0.25, -0.2) is 13.2 Å². The fraction of sp³-hybridized carbons (Fsp3) is 0.391. The summed E-state index contributed by atoms with van der Waals surface area (Å²) in [5, 5.41) is 1.75. The van der Waals surface area contributed by atoms with Crippen molar-refractivity contribution in [3.05, 3.63) is 74.4 Å². The standard InChI is InChI=1S/C23H28N4O4S2/c1-17(2)16-26-22(28)21(18(3)27(23(26)29)19-8-5-4-6-9-19)24-11-13-25(14-12-24)33(30,31)20-10-7-15-32-20/h4-10,15,17H,11-14,16H2,1-3H3. The second kappa shape index (κ2) is 9.28. The third-order valence-electron chi connectivity index (χ3n) is 5.75. The summed E-state index contributed by atoms with van der Waals surface area (Å²) in [5.41, 5.74) is 1.02. The zero-order valence-corrected chi connectivity index (χ0v) is 20.6. The highest BCUT2D eigenvalue weighted by Gasteiger charge is 2.31. The lowest BCUT2D eigenvalue weighted by Crippen LogP contribution is -2.52. The minimum atomic E-state index is -3.54. The Morgan fingerprint density at radius 3 is 2.21 bits per heavy atom. The Labute approximate surface area is 197 Å². The van der Waals surface area contributed by atoms with E-state index >= 15 is 0 Å². The fourth-order valence-corrected chi connectivity index (χ4v) is 6.77. The highest BCUT2D eigenvalue weighted by Crippen LogP contribution is 2.24. The first-order chi connectivity index (χ1) is 15.7. The molecule has 0 bridgehead atoms. The van der Waals surface area contributed by atoms with Crippen molar-refractivity contribution in [2.45, 2.75) is 31.5 Å². The Bertz CT molecular complexity index is 1340. The smallest absolute Gasteiger partial charge is 0.335 e. The number of rotatable bonds is 6. The number of hydrogen-bond donors (Lipinski definition) is 0. The van der Waals surface area contributed by atoms with E-state index in [4.69, 9.17) is 0 Å². The van der Waals surface area contributed by atoms with Crippen LogP contribution in [0.4, 0.5) is 5.69 Å². The normalized spacial score (nSPS) is 15.3. The number of benzene rings is 1. The lowest BCUT2D eigenvalue weighted by Gasteiger charge is -2.36. The van der Waals surface area contributed by atoms with E-state index in [1.807, 2.05) is 49.1 Å². The fourth-order valence-electron chi connectivity index (χ4n) is 4.20. The molecule has 33 heavy (non-hydrogen) atoms. The molecule has 2 aromatic heterocycles. The lowest BCUT2D eigenvalue weighted by molar-refractivity contribution is 0.383. The summed E-state index contributed by atoms with van der Waals surface area (Å²) in [4.78, 5) is 28.7. The van der Waals surface area contributed by atoms with Crippen molar-refractivity contribution >= 4 is 27.0 Å². The number of anilines is 1. The van der Waals surface area contributed by atoms with Gasteiger partial charge in [-0.15, -0.1) is 11.3 Å². The van der Waals surface area contributed by atoms with Crippen molar-refractivity contribution in [2.24, 2.45) is 5.92 Å². The topological polar surface area (TPSA) is 84.6 Å². The zero-order valence-electron chi connectivity index (χ0n) is 19.0. The molecule has 0 unspecified atom stereocenters. The Balaban J connectivity index is 1.74. The Kier molecular flexibility index (Phi) is 6.60. The highest BCUT2D eigenvalue weighted by molar-refractivity contribution is 7.91. The molecule has 0 atom stereocenters. The van der Waals surface area contributed by atoms with Crippen LogP contribution in [0.25, 0.3) is 5.69 Å². The van der Waals surface area contributed by atoms with Gasteiger partial charge in [0.1, 0.15) is 9.90 Å². The number of sulfonamides is 1. The monoisotopic (exact) mass is 488 g/mol. The van der Waals surface area contributed by atoms with Crippen LogP contribution in [-0.4, -0.2) is 48.0 Å². The summed E-state index contributed by atoms with van der Waals surface area (Å²) in [6, 6.07) is 12.6. The zero-order chi connectivity index (χ0) is 23.8. The average molecular weight is 489 g/mol. The molecule has 0 amide bonds. The molecule has 3 heterocycles. The van der Waals surface area contributed by atoms with Gasteiger partial charge >= 0.3 is 5.69 Å². The van der Waals surface area contributed by atoms with Crippen LogP contribution >= 0.6 is 11.3 Å². The van der Waals surface area contributed by atoms with Crippen LogP contribution in [0.3, 0.4) is 0 Å². The molecule has 0 spiro atoms. The van der Waals surface area contributed by atoms with E-state index in [0.717, 1.165) is 0 Å². The number of piperazine rings is 1. The van der Waals surface area contributed by atoms with Gasteiger partial charge in [0.05, 0.1) is 11.4 Å². The maximum absolute atomic E-state index is 13.5. The number of aromatic nitrogens is 2. The minimum Gasteiger partial charge on any atom is -0.363 e. The number of thiophene rings is 1. The van der Waals surface area contributed by atoms with Crippen LogP contribution < -0.4 is 16.1 Å². The maximum atomic E-state index is 13.5. The molecular weight excluding hydrogens is 460 g/mol. The van der Waals surface area contributed by atoms with Gasteiger partial charge in [-0.3, -0.25) is 13.9 Å². The van der Waals surface area contributed by atoms with Gasteiger partial charge in [-0.2, -0.15) is 4.31 Å². The molecule has 1 aliphatic heterocycles. The molecule has 1 fully saturated rings. The maximum Gasteiger partial charge on any atom is 0.335 e. The summed E-state index contributed by atoms with van der Waals surface area (Å²) in [7, 11) is -3.54. The largest absolute Gasteiger partial charge is 0.363 e. The third kappa shape index (κ3) is 4.42. The summed E-state index contributed by atoms with van der Waals surface area (Å²) in [5.74, 6) is 0.114. The van der Waals surface area contributed by atoms with E-state index < -0.39 is 10.0 Å². The average Bonchev–Trinajstić information content (AvgIpc) is 3.34. The van der Waals surface area contributed by atoms with Crippen LogP contribution in [0.5, 0.6) is 0 Å². The molecule has 0 radical (unpaired) electrons. The van der Waals surface area contributed by atoms with Crippen molar-refractivity contribution in [1.82, 2.24) is 13.4 Å². The van der Waals surface area contributed by atoms with Gasteiger partial charge in [0, 0.05) is 32.7 Å². The number of hydrogen-bond acceptors (Lipinski definition) is 6. The van der Waals surface area contributed by atoms with E-state index in [1.54, 1.807) is 29.0 Å². The van der Waals surface area contributed by atoms with Crippen LogP contribution in [-0.2, 0) is 16.6 Å².